The highest BCUT2D eigenvalue weighted by atomic mass is 32.1. The summed E-state index contributed by atoms with van der Waals surface area (Å²) in [7, 11) is 0. The van der Waals surface area contributed by atoms with Crippen LogP contribution < -0.4 is 5.73 Å². The maximum atomic E-state index is 5.53. The molecule has 0 radical (unpaired) electrons. The third-order valence-corrected chi connectivity index (χ3v) is 4.14. The van der Waals surface area contributed by atoms with E-state index in [2.05, 4.69) is 16.7 Å². The highest BCUT2D eigenvalue weighted by Crippen LogP contribution is 2.24. The number of hydrogen-bond donors (Lipinski definition) is 1. The van der Waals surface area contributed by atoms with E-state index in [4.69, 9.17) is 18.0 Å². The minimum Gasteiger partial charge on any atom is -0.393 e. The second-order valence-electron chi connectivity index (χ2n) is 5.20. The van der Waals surface area contributed by atoms with Crippen LogP contribution in [0.25, 0.3) is 0 Å². The molecule has 2 N–H and O–H groups in total. The summed E-state index contributed by atoms with van der Waals surface area (Å²) in [6.07, 6.45) is 4.79. The van der Waals surface area contributed by atoms with E-state index in [0.717, 1.165) is 25.4 Å². The van der Waals surface area contributed by atoms with E-state index in [0.29, 0.717) is 11.0 Å². The molecule has 0 amide bonds. The van der Waals surface area contributed by atoms with Crippen molar-refractivity contribution in [3.8, 4) is 0 Å². The largest absolute Gasteiger partial charge is 0.393 e. The van der Waals surface area contributed by atoms with Crippen LogP contribution in [0.4, 0.5) is 0 Å². The number of thiocarbonyl (C=S) groups is 1. The van der Waals surface area contributed by atoms with Gasteiger partial charge in [-0.15, -0.1) is 0 Å². The average molecular weight is 241 g/mol. The Bertz CT molecular complexity index is 257. The van der Waals surface area contributed by atoms with Gasteiger partial charge in [-0.25, -0.2) is 0 Å². The Kier molecular flexibility index (Phi) is 4.16. The van der Waals surface area contributed by atoms with E-state index in [1.807, 2.05) is 0 Å². The topological polar surface area (TPSA) is 32.5 Å². The zero-order chi connectivity index (χ0) is 11.5. The van der Waals surface area contributed by atoms with Gasteiger partial charge in [0.1, 0.15) is 0 Å². The van der Waals surface area contributed by atoms with Crippen LogP contribution in [0.3, 0.4) is 0 Å². The molecule has 2 aliphatic rings. The van der Waals surface area contributed by atoms with Gasteiger partial charge >= 0.3 is 0 Å². The van der Waals surface area contributed by atoms with Gasteiger partial charge in [0.2, 0.25) is 0 Å². The lowest BCUT2D eigenvalue weighted by Gasteiger charge is -2.42. The van der Waals surface area contributed by atoms with Gasteiger partial charge in [0.15, 0.2) is 0 Å². The summed E-state index contributed by atoms with van der Waals surface area (Å²) in [5.41, 5.74) is 5.53. The van der Waals surface area contributed by atoms with Crippen molar-refractivity contribution in [3.05, 3.63) is 0 Å². The first-order valence-corrected chi connectivity index (χ1v) is 6.84. The zero-order valence-corrected chi connectivity index (χ0v) is 11.0. The SMILES string of the molecule is CC1CN2CCCC2CN1CCCC(N)=S. The molecule has 2 fully saturated rings. The molecule has 2 saturated heterocycles. The van der Waals surface area contributed by atoms with Crippen LogP contribution in [0.1, 0.15) is 32.6 Å². The summed E-state index contributed by atoms with van der Waals surface area (Å²) >= 11 is 4.92. The number of piperazine rings is 1. The van der Waals surface area contributed by atoms with Gasteiger partial charge in [0.05, 0.1) is 4.99 Å². The molecule has 16 heavy (non-hydrogen) atoms. The molecule has 2 atom stereocenters. The molecule has 0 bridgehead atoms. The Balaban J connectivity index is 1.78. The fraction of sp³-hybridized carbons (Fsp3) is 0.917. The quantitative estimate of drug-likeness (QED) is 0.750. The van der Waals surface area contributed by atoms with E-state index in [9.17, 15) is 0 Å². The number of hydrogen-bond acceptors (Lipinski definition) is 3. The highest BCUT2D eigenvalue weighted by molar-refractivity contribution is 7.80. The van der Waals surface area contributed by atoms with Crippen molar-refractivity contribution in [1.82, 2.24) is 9.80 Å². The molecule has 3 nitrogen and oxygen atoms in total. The Hall–Kier alpha value is -0.190. The molecular weight excluding hydrogens is 218 g/mol. The molecule has 2 rings (SSSR count). The lowest BCUT2D eigenvalue weighted by Crippen LogP contribution is -2.55. The summed E-state index contributed by atoms with van der Waals surface area (Å²) < 4.78 is 0. The zero-order valence-electron chi connectivity index (χ0n) is 10.2. The van der Waals surface area contributed by atoms with Crippen LogP contribution in [0.15, 0.2) is 0 Å². The molecule has 0 spiro atoms. The van der Waals surface area contributed by atoms with E-state index >= 15 is 0 Å². The fourth-order valence-corrected chi connectivity index (χ4v) is 3.16. The van der Waals surface area contributed by atoms with Gasteiger partial charge in [0.25, 0.3) is 0 Å². The molecule has 92 valence electrons. The third kappa shape index (κ3) is 2.93. The second kappa shape index (κ2) is 5.43. The first kappa shape index (κ1) is 12.3. The summed E-state index contributed by atoms with van der Waals surface area (Å²) in [6, 6.07) is 1.52. The standard InChI is InChI=1S/C12H23N3S/c1-10-8-15-7-2-4-11(15)9-14(10)6-3-5-12(13)16/h10-11H,2-9H2,1H3,(H2,13,16). The molecule has 4 heteroatoms. The van der Waals surface area contributed by atoms with Gasteiger partial charge in [-0.2, -0.15) is 0 Å². The van der Waals surface area contributed by atoms with Gasteiger partial charge in [-0.1, -0.05) is 12.2 Å². The molecule has 0 aromatic carbocycles. The van der Waals surface area contributed by atoms with Gasteiger partial charge in [-0.3, -0.25) is 9.80 Å². The van der Waals surface area contributed by atoms with Crippen LogP contribution in [-0.4, -0.2) is 53.1 Å². The monoisotopic (exact) mass is 241 g/mol. The highest BCUT2D eigenvalue weighted by Gasteiger charge is 2.33. The summed E-state index contributed by atoms with van der Waals surface area (Å²) in [5.74, 6) is 0. The minimum atomic E-state index is 0.659. The molecule has 2 unspecified atom stereocenters. The first-order chi connectivity index (χ1) is 7.66. The third-order valence-electron chi connectivity index (χ3n) is 3.93. The molecule has 2 heterocycles. The Morgan fingerprint density at radius 1 is 1.44 bits per heavy atom. The summed E-state index contributed by atoms with van der Waals surface area (Å²) in [5, 5.41) is 0. The van der Waals surface area contributed by atoms with Crippen molar-refractivity contribution in [2.45, 2.75) is 44.7 Å². The number of rotatable bonds is 4. The molecule has 0 aromatic rings. The summed E-state index contributed by atoms with van der Waals surface area (Å²) in [6.45, 7) is 7.31. The fourth-order valence-electron chi connectivity index (χ4n) is 3.02. The van der Waals surface area contributed by atoms with Gasteiger partial charge < -0.3 is 5.73 Å². The van der Waals surface area contributed by atoms with Crippen molar-refractivity contribution < 1.29 is 0 Å². The number of fused-ring (bicyclic) bond motifs is 1. The Morgan fingerprint density at radius 2 is 2.25 bits per heavy atom. The summed E-state index contributed by atoms with van der Waals surface area (Å²) in [4.78, 5) is 5.94. The molecular formula is C12H23N3S. The lowest BCUT2D eigenvalue weighted by molar-refractivity contribution is 0.0592. The first-order valence-electron chi connectivity index (χ1n) is 6.43. The lowest BCUT2D eigenvalue weighted by atomic mass is 10.1. The maximum Gasteiger partial charge on any atom is 0.0727 e. The minimum absolute atomic E-state index is 0.659. The molecule has 0 aliphatic carbocycles. The van der Waals surface area contributed by atoms with Gasteiger partial charge in [0, 0.05) is 25.2 Å². The van der Waals surface area contributed by atoms with Gasteiger partial charge in [-0.05, 0) is 45.7 Å². The Morgan fingerprint density at radius 3 is 3.00 bits per heavy atom. The Labute approximate surface area is 104 Å². The van der Waals surface area contributed by atoms with Crippen LogP contribution in [0, 0.1) is 0 Å². The van der Waals surface area contributed by atoms with Crippen molar-refractivity contribution in [2.75, 3.05) is 26.2 Å². The van der Waals surface area contributed by atoms with E-state index < -0.39 is 0 Å². The number of nitrogens with zero attached hydrogens (tertiary/aromatic N) is 2. The van der Waals surface area contributed by atoms with E-state index in [1.165, 1.54) is 32.5 Å². The van der Waals surface area contributed by atoms with Crippen LogP contribution in [-0.2, 0) is 0 Å². The maximum absolute atomic E-state index is 5.53. The molecule has 2 aliphatic heterocycles. The number of nitrogens with two attached hydrogens (primary N) is 1. The van der Waals surface area contributed by atoms with E-state index in [-0.39, 0.29) is 0 Å². The normalized spacial score (nSPS) is 31.6. The van der Waals surface area contributed by atoms with Crippen molar-refractivity contribution >= 4 is 17.2 Å². The van der Waals surface area contributed by atoms with Crippen LogP contribution >= 0.6 is 12.2 Å². The predicted molar refractivity (Wildman–Crippen MR) is 71.6 cm³/mol. The van der Waals surface area contributed by atoms with Crippen molar-refractivity contribution in [2.24, 2.45) is 5.73 Å². The molecule has 0 aromatic heterocycles. The van der Waals surface area contributed by atoms with Crippen molar-refractivity contribution in [1.29, 1.82) is 0 Å². The molecule has 0 saturated carbocycles. The smallest absolute Gasteiger partial charge is 0.0727 e. The van der Waals surface area contributed by atoms with E-state index in [1.54, 1.807) is 0 Å². The average Bonchev–Trinajstić information content (AvgIpc) is 2.64. The second-order valence-corrected chi connectivity index (χ2v) is 5.73. The van der Waals surface area contributed by atoms with Crippen LogP contribution in [0.2, 0.25) is 0 Å². The van der Waals surface area contributed by atoms with Crippen molar-refractivity contribution in [3.63, 3.8) is 0 Å². The van der Waals surface area contributed by atoms with Crippen LogP contribution in [0.5, 0.6) is 0 Å². The predicted octanol–water partition coefficient (Wildman–Crippen LogP) is 1.22.